The predicted octanol–water partition coefficient (Wildman–Crippen LogP) is 7.91. The Morgan fingerprint density at radius 1 is 1.00 bits per heavy atom. The fourth-order valence-electron chi connectivity index (χ4n) is 5.17. The largest absolute Gasteiger partial charge is 0.423 e. The number of nitrogen functional groups attached to an aromatic ring is 1. The smallest absolute Gasteiger partial charge is 0.350 e. The fraction of sp³-hybridized carbons (Fsp3) is 0.457. The van der Waals surface area contributed by atoms with E-state index in [4.69, 9.17) is 24.7 Å². The van der Waals surface area contributed by atoms with Gasteiger partial charge in [-0.05, 0) is 49.2 Å². The van der Waals surface area contributed by atoms with Gasteiger partial charge in [-0.2, -0.15) is 0 Å². The molecule has 0 unspecified atom stereocenters. The Labute approximate surface area is 273 Å². The van der Waals surface area contributed by atoms with E-state index in [2.05, 4.69) is 11.9 Å². The van der Waals surface area contributed by atoms with Crippen molar-refractivity contribution in [2.45, 2.75) is 84.1 Å². The maximum atomic E-state index is 14.1. The van der Waals surface area contributed by atoms with Gasteiger partial charge >= 0.3 is 11.9 Å². The molecule has 2 N–H and O–H groups in total. The van der Waals surface area contributed by atoms with Crippen LogP contribution >= 0.6 is 0 Å². The molecular formula is C35H42FN3O8. The first-order valence-corrected chi connectivity index (χ1v) is 16.2. The summed E-state index contributed by atoms with van der Waals surface area (Å²) in [6.07, 6.45) is 7.78. The Morgan fingerprint density at radius 3 is 2.34 bits per heavy atom. The minimum Gasteiger partial charge on any atom is -0.423 e. The monoisotopic (exact) mass is 651 g/mol. The molecule has 0 saturated carbocycles. The first-order chi connectivity index (χ1) is 22.7. The number of halogens is 1. The summed E-state index contributed by atoms with van der Waals surface area (Å²) in [4.78, 5) is 40.4. The van der Waals surface area contributed by atoms with Crippen LogP contribution in [0, 0.1) is 16.0 Å². The standard InChI is InChI=1S/C35H42FN3O8/c1-3-5-7-8-9-10-23-21-44-35(45-22-23)25-14-17-30(38-20-25)24-12-15-26(16-13-24)46-33(40)27-18-29(37)32(19-31(27)39(42)43)47-34(41)28(36)11-6-4-2/h12-20,23,28,35H,3-11,21-22,37H2,1-2H3/t23?,28-,35?/m1/s1. The number of hydrogen-bond acceptors (Lipinski definition) is 10. The van der Waals surface area contributed by atoms with Crippen LogP contribution in [0.5, 0.6) is 11.5 Å². The summed E-state index contributed by atoms with van der Waals surface area (Å²) in [5, 5.41) is 11.7. The highest BCUT2D eigenvalue weighted by molar-refractivity contribution is 5.97. The van der Waals surface area contributed by atoms with Gasteiger partial charge in [0.2, 0.25) is 0 Å². The molecule has 1 aliphatic rings. The van der Waals surface area contributed by atoms with Crippen molar-refractivity contribution in [2.24, 2.45) is 5.92 Å². The number of ether oxygens (including phenoxy) is 4. The van der Waals surface area contributed by atoms with Gasteiger partial charge in [0.05, 0.1) is 35.6 Å². The maximum absolute atomic E-state index is 14.1. The lowest BCUT2D eigenvalue weighted by molar-refractivity contribution is -0.385. The second-order valence-electron chi connectivity index (χ2n) is 11.7. The Bertz CT molecular complexity index is 1490. The first-order valence-electron chi connectivity index (χ1n) is 16.2. The summed E-state index contributed by atoms with van der Waals surface area (Å²) < 4.78 is 36.3. The van der Waals surface area contributed by atoms with Crippen molar-refractivity contribution in [3.05, 3.63) is 76.0 Å². The molecule has 1 fully saturated rings. The Hall–Kier alpha value is -4.42. The number of alkyl halides is 1. The Balaban J connectivity index is 1.34. The van der Waals surface area contributed by atoms with Gasteiger partial charge < -0.3 is 24.7 Å². The number of rotatable bonds is 16. The number of esters is 2. The van der Waals surface area contributed by atoms with Crippen LogP contribution in [0.4, 0.5) is 15.8 Å². The fourth-order valence-corrected chi connectivity index (χ4v) is 5.17. The molecule has 2 heterocycles. The number of pyridine rings is 1. The number of aromatic nitrogens is 1. The summed E-state index contributed by atoms with van der Waals surface area (Å²) in [6, 6.07) is 12.0. The number of nitro groups is 1. The van der Waals surface area contributed by atoms with Gasteiger partial charge in [0.15, 0.2) is 18.2 Å². The Kier molecular flexibility index (Phi) is 13.2. The second-order valence-corrected chi connectivity index (χ2v) is 11.7. The van der Waals surface area contributed by atoms with Crippen molar-refractivity contribution in [1.82, 2.24) is 4.98 Å². The average Bonchev–Trinajstić information content (AvgIpc) is 3.08. The summed E-state index contributed by atoms with van der Waals surface area (Å²) >= 11 is 0. The van der Waals surface area contributed by atoms with Gasteiger partial charge in [-0.3, -0.25) is 15.1 Å². The minimum absolute atomic E-state index is 0.0496. The summed E-state index contributed by atoms with van der Waals surface area (Å²) in [7, 11) is 0. The number of nitrogens with zero attached hydrogens (tertiary/aromatic N) is 2. The van der Waals surface area contributed by atoms with E-state index in [9.17, 15) is 24.1 Å². The lowest BCUT2D eigenvalue weighted by Crippen LogP contribution is -2.27. The molecule has 0 aliphatic carbocycles. The number of nitrogens with two attached hydrogens (primary N) is 1. The molecule has 0 radical (unpaired) electrons. The third-order valence-corrected chi connectivity index (χ3v) is 7.92. The van der Waals surface area contributed by atoms with Gasteiger partial charge in [-0.15, -0.1) is 0 Å². The molecular weight excluding hydrogens is 609 g/mol. The maximum Gasteiger partial charge on any atom is 0.350 e. The van der Waals surface area contributed by atoms with Crippen molar-refractivity contribution in [3.8, 4) is 22.8 Å². The van der Waals surface area contributed by atoms with Crippen LogP contribution in [0.1, 0.15) is 93.8 Å². The number of benzene rings is 2. The summed E-state index contributed by atoms with van der Waals surface area (Å²) in [5.41, 5.74) is 6.71. The van der Waals surface area contributed by atoms with E-state index in [1.54, 1.807) is 18.3 Å². The van der Waals surface area contributed by atoms with Gasteiger partial charge in [-0.1, -0.05) is 64.9 Å². The lowest BCUT2D eigenvalue weighted by Gasteiger charge is -2.29. The van der Waals surface area contributed by atoms with Crippen molar-refractivity contribution >= 4 is 23.3 Å². The molecule has 1 aliphatic heterocycles. The van der Waals surface area contributed by atoms with Crippen LogP contribution in [-0.4, -0.2) is 41.2 Å². The topological polar surface area (TPSA) is 153 Å². The number of unbranched alkanes of at least 4 members (excludes halogenated alkanes) is 5. The van der Waals surface area contributed by atoms with Gasteiger partial charge in [0.25, 0.3) is 5.69 Å². The van der Waals surface area contributed by atoms with E-state index >= 15 is 0 Å². The van der Waals surface area contributed by atoms with Crippen LogP contribution in [0.3, 0.4) is 0 Å². The molecule has 1 saturated heterocycles. The van der Waals surface area contributed by atoms with Crippen LogP contribution in [-0.2, 0) is 14.3 Å². The number of carbonyl (C=O) groups excluding carboxylic acids is 2. The summed E-state index contributed by atoms with van der Waals surface area (Å²) in [6.45, 7) is 5.37. The zero-order valence-corrected chi connectivity index (χ0v) is 26.8. The van der Waals surface area contributed by atoms with Gasteiger partial charge in [0.1, 0.15) is 11.3 Å². The summed E-state index contributed by atoms with van der Waals surface area (Å²) in [5.74, 6) is -2.15. The van der Waals surface area contributed by atoms with E-state index in [1.807, 2.05) is 19.1 Å². The number of nitro benzene ring substituents is 1. The van der Waals surface area contributed by atoms with E-state index in [0.29, 0.717) is 37.7 Å². The molecule has 2 aromatic carbocycles. The Morgan fingerprint density at radius 2 is 1.70 bits per heavy atom. The second kappa shape index (κ2) is 17.5. The number of anilines is 1. The van der Waals surface area contributed by atoms with Crippen LogP contribution in [0.15, 0.2) is 54.7 Å². The van der Waals surface area contributed by atoms with E-state index < -0.39 is 46.3 Å². The molecule has 4 rings (SSSR count). The number of carbonyl (C=O) groups is 2. The molecule has 0 amide bonds. The molecule has 252 valence electrons. The van der Waals surface area contributed by atoms with Crippen molar-refractivity contribution in [1.29, 1.82) is 0 Å². The highest BCUT2D eigenvalue weighted by Crippen LogP contribution is 2.33. The SMILES string of the molecule is CCCCCCCC1COC(c2ccc(-c3ccc(OC(=O)c4cc(N)c(OC(=O)[C@H](F)CCCC)cc4[N+](=O)[O-])cc3)nc2)OC1. The van der Waals surface area contributed by atoms with Crippen LogP contribution in [0.2, 0.25) is 0 Å². The minimum atomic E-state index is -1.91. The highest BCUT2D eigenvalue weighted by Gasteiger charge is 2.28. The zero-order valence-electron chi connectivity index (χ0n) is 26.8. The van der Waals surface area contributed by atoms with Crippen molar-refractivity contribution in [3.63, 3.8) is 0 Å². The third kappa shape index (κ3) is 10.0. The lowest BCUT2D eigenvalue weighted by atomic mass is 10.0. The molecule has 47 heavy (non-hydrogen) atoms. The normalized spacial score (nSPS) is 16.7. The van der Waals surface area contributed by atoms with Gasteiger partial charge in [-0.25, -0.2) is 14.0 Å². The molecule has 0 bridgehead atoms. The van der Waals surface area contributed by atoms with Crippen LogP contribution < -0.4 is 15.2 Å². The predicted molar refractivity (Wildman–Crippen MR) is 174 cm³/mol. The molecule has 1 aromatic heterocycles. The average molecular weight is 652 g/mol. The molecule has 11 nitrogen and oxygen atoms in total. The number of hydrogen-bond donors (Lipinski definition) is 1. The van der Waals surface area contributed by atoms with Gasteiger partial charge in [0, 0.05) is 23.2 Å². The van der Waals surface area contributed by atoms with E-state index in [-0.39, 0.29) is 17.9 Å². The quantitative estimate of drug-likeness (QED) is 0.0403. The molecule has 1 atom stereocenters. The molecule has 12 heteroatoms. The van der Waals surface area contributed by atoms with E-state index in [0.717, 1.165) is 29.7 Å². The van der Waals surface area contributed by atoms with E-state index in [1.165, 1.54) is 44.2 Å². The van der Waals surface area contributed by atoms with Crippen molar-refractivity contribution in [2.75, 3.05) is 18.9 Å². The molecule has 3 aromatic rings. The highest BCUT2D eigenvalue weighted by atomic mass is 19.1. The third-order valence-electron chi connectivity index (χ3n) is 7.92. The molecule has 0 spiro atoms. The van der Waals surface area contributed by atoms with Crippen LogP contribution in [0.25, 0.3) is 11.3 Å². The first kappa shape index (κ1) is 35.4. The zero-order chi connectivity index (χ0) is 33.8. The van der Waals surface area contributed by atoms with Crippen molar-refractivity contribution < 1.29 is 37.9 Å².